The Morgan fingerprint density at radius 1 is 0.793 bits per heavy atom. The first kappa shape index (κ1) is 20.1. The van der Waals surface area contributed by atoms with E-state index in [9.17, 15) is 0 Å². The summed E-state index contributed by atoms with van der Waals surface area (Å²) in [5.41, 5.74) is 2.78. The third kappa shape index (κ3) is 4.78. The molecular weight excluding hydrogens is 370 g/mol. The van der Waals surface area contributed by atoms with Crippen LogP contribution in [0.25, 0.3) is 0 Å². The van der Waals surface area contributed by atoms with E-state index >= 15 is 0 Å². The first-order chi connectivity index (χ1) is 14.0. The molecule has 2 aromatic carbocycles. The van der Waals surface area contributed by atoms with Gasteiger partial charge in [-0.15, -0.1) is 0 Å². The number of aromatic nitrogens is 2. The monoisotopic (exact) mass is 395 g/mol. The summed E-state index contributed by atoms with van der Waals surface area (Å²) in [6.07, 6.45) is 1.68. The van der Waals surface area contributed by atoms with E-state index < -0.39 is 0 Å². The molecule has 3 aromatic rings. The summed E-state index contributed by atoms with van der Waals surface area (Å²) in [5.74, 6) is 2.73. The summed E-state index contributed by atoms with van der Waals surface area (Å²) in [6.45, 7) is 0. The molecule has 0 aliphatic heterocycles. The average Bonchev–Trinajstić information content (AvgIpc) is 2.73. The molecule has 8 nitrogen and oxygen atoms in total. The van der Waals surface area contributed by atoms with E-state index in [0.29, 0.717) is 34.7 Å². The highest BCUT2D eigenvalue weighted by Crippen LogP contribution is 2.40. The van der Waals surface area contributed by atoms with E-state index in [1.54, 1.807) is 45.7 Å². The number of hydrogen-bond acceptors (Lipinski definition) is 8. The van der Waals surface area contributed by atoms with Gasteiger partial charge in [0.25, 0.3) is 0 Å². The van der Waals surface area contributed by atoms with Gasteiger partial charge in [-0.1, -0.05) is 0 Å². The minimum Gasteiger partial charge on any atom is -0.493 e. The molecule has 0 spiro atoms. The van der Waals surface area contributed by atoms with Crippen molar-refractivity contribution in [1.82, 2.24) is 9.97 Å². The van der Waals surface area contributed by atoms with Gasteiger partial charge in [-0.05, 0) is 30.3 Å². The van der Waals surface area contributed by atoms with Gasteiger partial charge in [-0.3, -0.25) is 0 Å². The van der Waals surface area contributed by atoms with Crippen LogP contribution in [-0.4, -0.2) is 45.4 Å². The number of hydrogen-bond donors (Lipinski definition) is 2. The standard InChI is InChI=1S/C21H25N5O3/c1-26(2)16-8-6-14(7-9-16)23-19-10-11-22-21(25-19)24-15-12-17(27-3)20(29-5)18(13-15)28-4/h6-13H,1-5H3,(H2,22,23,24,25). The predicted molar refractivity (Wildman–Crippen MR) is 115 cm³/mol. The Morgan fingerprint density at radius 2 is 1.45 bits per heavy atom. The molecule has 0 aliphatic rings. The average molecular weight is 395 g/mol. The molecule has 0 fully saturated rings. The molecule has 0 radical (unpaired) electrons. The predicted octanol–water partition coefficient (Wildman–Crippen LogP) is 4.06. The highest BCUT2D eigenvalue weighted by Gasteiger charge is 2.14. The van der Waals surface area contributed by atoms with Gasteiger partial charge in [-0.2, -0.15) is 4.98 Å². The van der Waals surface area contributed by atoms with E-state index in [4.69, 9.17) is 14.2 Å². The Morgan fingerprint density at radius 3 is 2.00 bits per heavy atom. The van der Waals surface area contributed by atoms with Gasteiger partial charge in [0.15, 0.2) is 11.5 Å². The van der Waals surface area contributed by atoms with Crippen LogP contribution in [0, 0.1) is 0 Å². The normalized spacial score (nSPS) is 10.2. The highest BCUT2D eigenvalue weighted by atomic mass is 16.5. The van der Waals surface area contributed by atoms with Crippen molar-refractivity contribution in [2.45, 2.75) is 0 Å². The Balaban J connectivity index is 1.79. The van der Waals surface area contributed by atoms with Crippen LogP contribution in [0.1, 0.15) is 0 Å². The van der Waals surface area contributed by atoms with E-state index in [-0.39, 0.29) is 0 Å². The van der Waals surface area contributed by atoms with Crippen molar-refractivity contribution in [3.8, 4) is 17.2 Å². The fraction of sp³-hybridized carbons (Fsp3) is 0.238. The minimum atomic E-state index is 0.439. The molecular formula is C21H25N5O3. The Hall–Kier alpha value is -3.68. The summed E-state index contributed by atoms with van der Waals surface area (Å²) < 4.78 is 16.1. The fourth-order valence-corrected chi connectivity index (χ4v) is 2.76. The third-order valence-electron chi connectivity index (χ3n) is 4.23. The van der Waals surface area contributed by atoms with Gasteiger partial charge in [0, 0.05) is 49.5 Å². The molecule has 1 heterocycles. The van der Waals surface area contributed by atoms with E-state index in [2.05, 4.69) is 20.6 Å². The number of rotatable bonds is 8. The maximum Gasteiger partial charge on any atom is 0.229 e. The summed E-state index contributed by atoms with van der Waals surface area (Å²) in [4.78, 5) is 10.9. The van der Waals surface area contributed by atoms with Crippen molar-refractivity contribution in [3.05, 3.63) is 48.7 Å². The molecule has 29 heavy (non-hydrogen) atoms. The molecule has 0 saturated carbocycles. The van der Waals surface area contributed by atoms with Gasteiger partial charge >= 0.3 is 0 Å². The SMILES string of the molecule is COc1cc(Nc2nccc(Nc3ccc(N(C)C)cc3)n2)cc(OC)c1OC. The maximum atomic E-state index is 5.38. The van der Waals surface area contributed by atoms with Crippen molar-refractivity contribution in [2.75, 3.05) is 51.0 Å². The molecule has 0 aliphatic carbocycles. The number of nitrogens with one attached hydrogen (secondary N) is 2. The fourth-order valence-electron chi connectivity index (χ4n) is 2.76. The number of nitrogens with zero attached hydrogens (tertiary/aromatic N) is 3. The molecule has 152 valence electrons. The van der Waals surface area contributed by atoms with Gasteiger partial charge < -0.3 is 29.7 Å². The van der Waals surface area contributed by atoms with E-state index in [1.807, 2.05) is 43.3 Å². The second-order valence-corrected chi connectivity index (χ2v) is 6.37. The lowest BCUT2D eigenvalue weighted by molar-refractivity contribution is 0.324. The smallest absolute Gasteiger partial charge is 0.229 e. The van der Waals surface area contributed by atoms with Crippen LogP contribution in [0.15, 0.2) is 48.7 Å². The zero-order valence-corrected chi connectivity index (χ0v) is 17.2. The van der Waals surface area contributed by atoms with Crippen molar-refractivity contribution in [1.29, 1.82) is 0 Å². The largest absolute Gasteiger partial charge is 0.493 e. The second-order valence-electron chi connectivity index (χ2n) is 6.37. The first-order valence-corrected chi connectivity index (χ1v) is 8.98. The Kier molecular flexibility index (Phi) is 6.23. The quantitative estimate of drug-likeness (QED) is 0.591. The highest BCUT2D eigenvalue weighted by molar-refractivity contribution is 5.67. The van der Waals surface area contributed by atoms with Crippen LogP contribution in [0.5, 0.6) is 17.2 Å². The lowest BCUT2D eigenvalue weighted by Gasteiger charge is -2.15. The van der Waals surface area contributed by atoms with Gasteiger partial charge in [-0.25, -0.2) is 4.98 Å². The van der Waals surface area contributed by atoms with Crippen LogP contribution in [-0.2, 0) is 0 Å². The van der Waals surface area contributed by atoms with E-state index in [0.717, 1.165) is 11.4 Å². The van der Waals surface area contributed by atoms with Crippen molar-refractivity contribution in [3.63, 3.8) is 0 Å². The minimum absolute atomic E-state index is 0.439. The molecule has 0 amide bonds. The Labute approximate surface area is 170 Å². The zero-order chi connectivity index (χ0) is 20.8. The van der Waals surface area contributed by atoms with Gasteiger partial charge in [0.2, 0.25) is 11.7 Å². The molecule has 3 rings (SSSR count). The molecule has 8 heteroatoms. The van der Waals surface area contributed by atoms with Crippen LogP contribution < -0.4 is 29.7 Å². The van der Waals surface area contributed by atoms with Gasteiger partial charge in [0.05, 0.1) is 21.3 Å². The molecule has 2 N–H and O–H groups in total. The summed E-state index contributed by atoms with van der Waals surface area (Å²) in [6, 6.07) is 13.5. The lowest BCUT2D eigenvalue weighted by Crippen LogP contribution is -2.08. The number of benzene rings is 2. The summed E-state index contributed by atoms with van der Waals surface area (Å²) in [5, 5.41) is 6.45. The zero-order valence-electron chi connectivity index (χ0n) is 17.2. The topological polar surface area (TPSA) is 80.8 Å². The molecule has 0 unspecified atom stereocenters. The number of methoxy groups -OCH3 is 3. The third-order valence-corrected chi connectivity index (χ3v) is 4.23. The van der Waals surface area contributed by atoms with Crippen LogP contribution in [0.4, 0.5) is 28.8 Å². The molecule has 0 saturated heterocycles. The second kappa shape index (κ2) is 9.01. The van der Waals surface area contributed by atoms with Crippen molar-refractivity contribution < 1.29 is 14.2 Å². The molecule has 0 bridgehead atoms. The van der Waals surface area contributed by atoms with Crippen LogP contribution >= 0.6 is 0 Å². The molecule has 1 aromatic heterocycles. The Bertz CT molecular complexity index is 936. The molecule has 0 atom stereocenters. The number of ether oxygens (including phenoxy) is 3. The van der Waals surface area contributed by atoms with Gasteiger partial charge in [0.1, 0.15) is 5.82 Å². The van der Waals surface area contributed by atoms with E-state index in [1.165, 1.54) is 0 Å². The van der Waals surface area contributed by atoms with Crippen LogP contribution in [0.2, 0.25) is 0 Å². The first-order valence-electron chi connectivity index (χ1n) is 8.98. The van der Waals surface area contributed by atoms with Crippen LogP contribution in [0.3, 0.4) is 0 Å². The van der Waals surface area contributed by atoms with Crippen molar-refractivity contribution >= 4 is 28.8 Å². The summed E-state index contributed by atoms with van der Waals surface area (Å²) >= 11 is 0. The maximum absolute atomic E-state index is 5.38. The van der Waals surface area contributed by atoms with Crippen molar-refractivity contribution in [2.24, 2.45) is 0 Å². The summed E-state index contributed by atoms with van der Waals surface area (Å²) in [7, 11) is 8.73. The lowest BCUT2D eigenvalue weighted by atomic mass is 10.2. The number of anilines is 5.